The lowest BCUT2D eigenvalue weighted by Crippen LogP contribution is -2.62. The molecule has 2 heterocycles. The van der Waals surface area contributed by atoms with Gasteiger partial charge in [0.05, 0.1) is 11.1 Å². The monoisotopic (exact) mass is 281 g/mol. The molecule has 2 aliphatic rings. The highest BCUT2D eigenvalue weighted by Gasteiger charge is 2.40. The molecule has 4 rings (SSSR count). The van der Waals surface area contributed by atoms with Crippen LogP contribution in [0, 0.1) is 0 Å². The molecule has 0 radical (unpaired) electrons. The number of piperazine rings is 1. The normalized spacial score (nSPS) is 21.8. The fourth-order valence-electron chi connectivity index (χ4n) is 4.19. The Hall–Kier alpha value is -1.61. The molecule has 2 fully saturated rings. The lowest BCUT2D eigenvalue weighted by atomic mass is 9.78. The van der Waals surface area contributed by atoms with E-state index in [9.17, 15) is 0 Å². The van der Waals surface area contributed by atoms with Gasteiger partial charge in [-0.15, -0.1) is 0 Å². The number of rotatable bonds is 1. The highest BCUT2D eigenvalue weighted by molar-refractivity contribution is 5.91. The van der Waals surface area contributed by atoms with Gasteiger partial charge in [-0.25, -0.2) is 0 Å². The molecular formula is C18H23N3. The van der Waals surface area contributed by atoms with Crippen molar-refractivity contribution in [2.24, 2.45) is 0 Å². The smallest absolute Gasteiger partial charge is 0.0722 e. The van der Waals surface area contributed by atoms with Crippen molar-refractivity contribution in [1.29, 1.82) is 0 Å². The molecule has 1 saturated heterocycles. The van der Waals surface area contributed by atoms with Gasteiger partial charge in [-0.2, -0.15) is 0 Å². The van der Waals surface area contributed by atoms with E-state index in [-0.39, 0.29) is 0 Å². The number of hydrogen-bond donors (Lipinski definition) is 1. The van der Waals surface area contributed by atoms with Crippen molar-refractivity contribution in [2.75, 3.05) is 24.5 Å². The third-order valence-electron chi connectivity index (χ3n) is 5.24. The van der Waals surface area contributed by atoms with Gasteiger partial charge < -0.3 is 10.2 Å². The first kappa shape index (κ1) is 13.1. The molecular weight excluding hydrogens is 258 g/mol. The number of para-hydroxylation sites is 1. The minimum atomic E-state index is 0.320. The van der Waals surface area contributed by atoms with Gasteiger partial charge in [0.25, 0.3) is 0 Å². The number of aromatic nitrogens is 1. The zero-order chi connectivity index (χ0) is 14.1. The van der Waals surface area contributed by atoms with Crippen molar-refractivity contribution in [3.05, 3.63) is 36.5 Å². The van der Waals surface area contributed by atoms with Crippen LogP contribution in [0.3, 0.4) is 0 Å². The summed E-state index contributed by atoms with van der Waals surface area (Å²) in [7, 11) is 0. The zero-order valence-electron chi connectivity index (χ0n) is 12.5. The molecule has 21 heavy (non-hydrogen) atoms. The molecule has 1 saturated carbocycles. The number of nitrogens with zero attached hydrogens (tertiary/aromatic N) is 2. The van der Waals surface area contributed by atoms with Crippen molar-refractivity contribution in [3.8, 4) is 0 Å². The van der Waals surface area contributed by atoms with Gasteiger partial charge >= 0.3 is 0 Å². The molecule has 1 aliphatic carbocycles. The Balaban J connectivity index is 1.81. The minimum Gasteiger partial charge on any atom is -0.363 e. The first-order valence-corrected chi connectivity index (χ1v) is 8.21. The van der Waals surface area contributed by atoms with Gasteiger partial charge in [-0.1, -0.05) is 37.5 Å². The van der Waals surface area contributed by atoms with Crippen LogP contribution in [0.25, 0.3) is 10.9 Å². The molecule has 110 valence electrons. The van der Waals surface area contributed by atoms with Crippen LogP contribution < -0.4 is 10.2 Å². The summed E-state index contributed by atoms with van der Waals surface area (Å²) in [5, 5.41) is 4.93. The average molecular weight is 281 g/mol. The van der Waals surface area contributed by atoms with Gasteiger partial charge in [-0.3, -0.25) is 4.98 Å². The predicted molar refractivity (Wildman–Crippen MR) is 87.8 cm³/mol. The van der Waals surface area contributed by atoms with E-state index in [1.54, 1.807) is 0 Å². The standard InChI is InChI=1S/C18H23N3/c1-4-9-18(10-5-1)14-19-12-13-21(18)17-8-11-20-16-7-3-2-6-15(16)17/h2-3,6-8,11,19H,1,4-5,9-10,12-14H2. The highest BCUT2D eigenvalue weighted by Crippen LogP contribution is 2.39. The summed E-state index contributed by atoms with van der Waals surface area (Å²) in [5.41, 5.74) is 2.81. The zero-order valence-corrected chi connectivity index (χ0v) is 12.5. The number of pyridine rings is 1. The molecule has 0 bridgehead atoms. The molecule has 1 aromatic carbocycles. The van der Waals surface area contributed by atoms with E-state index in [0.29, 0.717) is 5.54 Å². The van der Waals surface area contributed by atoms with Gasteiger partial charge in [0, 0.05) is 36.9 Å². The number of nitrogens with one attached hydrogen (secondary N) is 1. The summed E-state index contributed by atoms with van der Waals surface area (Å²) in [6, 6.07) is 10.8. The predicted octanol–water partition coefficient (Wildman–Crippen LogP) is 3.35. The average Bonchev–Trinajstić information content (AvgIpc) is 2.56. The second-order valence-electron chi connectivity index (χ2n) is 6.46. The second kappa shape index (κ2) is 5.30. The topological polar surface area (TPSA) is 28.2 Å². The number of benzene rings is 1. The number of hydrogen-bond acceptors (Lipinski definition) is 3. The van der Waals surface area contributed by atoms with Crippen LogP contribution in [0.15, 0.2) is 36.5 Å². The Morgan fingerprint density at radius 1 is 1.05 bits per heavy atom. The molecule has 3 nitrogen and oxygen atoms in total. The van der Waals surface area contributed by atoms with E-state index in [0.717, 1.165) is 25.2 Å². The summed E-state index contributed by atoms with van der Waals surface area (Å²) >= 11 is 0. The molecule has 0 amide bonds. The molecule has 0 atom stereocenters. The summed E-state index contributed by atoms with van der Waals surface area (Å²) in [6.07, 6.45) is 8.72. The Kier molecular flexibility index (Phi) is 3.30. The maximum Gasteiger partial charge on any atom is 0.0722 e. The van der Waals surface area contributed by atoms with Gasteiger partial charge in [0.2, 0.25) is 0 Å². The summed E-state index contributed by atoms with van der Waals surface area (Å²) in [5.74, 6) is 0. The fourth-order valence-corrected chi connectivity index (χ4v) is 4.19. The maximum atomic E-state index is 4.53. The number of anilines is 1. The van der Waals surface area contributed by atoms with E-state index in [1.807, 2.05) is 6.20 Å². The number of fused-ring (bicyclic) bond motifs is 1. The van der Waals surface area contributed by atoms with Crippen molar-refractivity contribution in [2.45, 2.75) is 37.6 Å². The fraction of sp³-hybridized carbons (Fsp3) is 0.500. The Morgan fingerprint density at radius 3 is 2.81 bits per heavy atom. The largest absolute Gasteiger partial charge is 0.363 e. The van der Waals surface area contributed by atoms with Crippen molar-refractivity contribution >= 4 is 16.6 Å². The van der Waals surface area contributed by atoms with E-state index >= 15 is 0 Å². The Labute approximate surface area is 126 Å². The third-order valence-corrected chi connectivity index (χ3v) is 5.24. The Bertz CT molecular complexity index is 618. The van der Waals surface area contributed by atoms with Crippen molar-refractivity contribution in [3.63, 3.8) is 0 Å². The van der Waals surface area contributed by atoms with E-state index in [4.69, 9.17) is 0 Å². The van der Waals surface area contributed by atoms with Crippen LogP contribution in [-0.4, -0.2) is 30.2 Å². The molecule has 1 aromatic heterocycles. The molecule has 1 aliphatic heterocycles. The second-order valence-corrected chi connectivity index (χ2v) is 6.46. The highest BCUT2D eigenvalue weighted by atomic mass is 15.3. The van der Waals surface area contributed by atoms with E-state index in [1.165, 1.54) is 43.2 Å². The molecule has 0 unspecified atom stereocenters. The molecule has 3 heteroatoms. The maximum absolute atomic E-state index is 4.53. The van der Waals surface area contributed by atoms with Crippen LogP contribution in [0.1, 0.15) is 32.1 Å². The van der Waals surface area contributed by atoms with Gasteiger partial charge in [-0.05, 0) is 25.0 Å². The van der Waals surface area contributed by atoms with Crippen LogP contribution in [-0.2, 0) is 0 Å². The van der Waals surface area contributed by atoms with E-state index in [2.05, 4.69) is 45.5 Å². The SMILES string of the molecule is c1ccc2c(N3CCNCC34CCCCC4)ccnc2c1. The molecule has 1 N–H and O–H groups in total. The first-order chi connectivity index (χ1) is 10.4. The van der Waals surface area contributed by atoms with Crippen LogP contribution in [0.5, 0.6) is 0 Å². The minimum absolute atomic E-state index is 0.320. The quantitative estimate of drug-likeness (QED) is 0.869. The summed E-state index contributed by atoms with van der Waals surface area (Å²) < 4.78 is 0. The van der Waals surface area contributed by atoms with Crippen LogP contribution in [0.2, 0.25) is 0 Å². The lowest BCUT2D eigenvalue weighted by molar-refractivity contribution is 0.241. The summed E-state index contributed by atoms with van der Waals surface area (Å²) in [4.78, 5) is 7.22. The van der Waals surface area contributed by atoms with Crippen LogP contribution in [0.4, 0.5) is 5.69 Å². The van der Waals surface area contributed by atoms with Crippen LogP contribution >= 0.6 is 0 Å². The lowest BCUT2D eigenvalue weighted by Gasteiger charge is -2.51. The van der Waals surface area contributed by atoms with E-state index < -0.39 is 0 Å². The summed E-state index contributed by atoms with van der Waals surface area (Å²) in [6.45, 7) is 3.32. The van der Waals surface area contributed by atoms with Gasteiger partial charge in [0.15, 0.2) is 0 Å². The first-order valence-electron chi connectivity index (χ1n) is 8.21. The molecule has 1 spiro atoms. The van der Waals surface area contributed by atoms with Crippen molar-refractivity contribution < 1.29 is 0 Å². The van der Waals surface area contributed by atoms with Gasteiger partial charge in [0.1, 0.15) is 0 Å². The third kappa shape index (κ3) is 2.20. The Morgan fingerprint density at radius 2 is 1.90 bits per heavy atom. The molecule has 2 aromatic rings. The van der Waals surface area contributed by atoms with Crippen molar-refractivity contribution in [1.82, 2.24) is 10.3 Å².